The second-order valence-electron chi connectivity index (χ2n) is 7.27. The van der Waals surface area contributed by atoms with Crippen molar-refractivity contribution < 1.29 is 13.6 Å². The number of amides is 1. The van der Waals surface area contributed by atoms with Crippen LogP contribution in [0.4, 0.5) is 8.78 Å². The highest BCUT2D eigenvalue weighted by molar-refractivity contribution is 5.80. The smallest absolute Gasteiger partial charge is 0.234 e. The quantitative estimate of drug-likeness (QED) is 0.863. The Morgan fingerprint density at radius 2 is 1.89 bits per heavy atom. The summed E-state index contributed by atoms with van der Waals surface area (Å²) in [5.41, 5.74) is 2.00. The zero-order valence-corrected chi connectivity index (χ0v) is 15.0. The summed E-state index contributed by atoms with van der Waals surface area (Å²) in [7, 11) is 0. The summed E-state index contributed by atoms with van der Waals surface area (Å²) in [6.07, 6.45) is 5.16. The molecule has 2 aromatic rings. The molecular weight excluding hydrogens is 346 g/mol. The Kier molecular flexibility index (Phi) is 5.03. The summed E-state index contributed by atoms with van der Waals surface area (Å²) in [5.74, 6) is -0.935. The van der Waals surface area contributed by atoms with Gasteiger partial charge in [0, 0.05) is 18.2 Å². The number of carbonyl (C=O) groups excluding carboxylic acids is 1. The Morgan fingerprint density at radius 3 is 2.59 bits per heavy atom. The van der Waals surface area contributed by atoms with Crippen LogP contribution in [-0.2, 0) is 4.79 Å². The summed E-state index contributed by atoms with van der Waals surface area (Å²) in [6, 6.07) is 13.4. The molecule has 0 saturated heterocycles. The lowest BCUT2D eigenvalue weighted by Gasteiger charge is -2.29. The van der Waals surface area contributed by atoms with Crippen molar-refractivity contribution >= 4 is 11.5 Å². The van der Waals surface area contributed by atoms with Crippen LogP contribution in [0.1, 0.15) is 36.4 Å². The zero-order chi connectivity index (χ0) is 18.8. The molecule has 3 nitrogen and oxygen atoms in total. The van der Waals surface area contributed by atoms with Crippen molar-refractivity contribution in [1.29, 1.82) is 0 Å². The number of hydrogen-bond acceptors (Lipinski definition) is 2. The normalized spacial score (nSPS) is 20.2. The lowest BCUT2D eigenvalue weighted by Crippen LogP contribution is -2.44. The summed E-state index contributed by atoms with van der Waals surface area (Å²) in [4.78, 5) is 14.4. The van der Waals surface area contributed by atoms with E-state index in [4.69, 9.17) is 0 Å². The molecule has 2 aromatic carbocycles. The van der Waals surface area contributed by atoms with Crippen LogP contribution in [0.25, 0.3) is 5.57 Å². The first-order valence-electron chi connectivity index (χ1n) is 9.34. The fourth-order valence-electron chi connectivity index (χ4n) is 3.71. The maximum Gasteiger partial charge on any atom is 0.234 e. The van der Waals surface area contributed by atoms with Crippen LogP contribution in [0.3, 0.4) is 0 Å². The van der Waals surface area contributed by atoms with Gasteiger partial charge in [-0.05, 0) is 48.6 Å². The highest BCUT2D eigenvalue weighted by Gasteiger charge is 2.30. The first-order valence-corrected chi connectivity index (χ1v) is 9.34. The fourth-order valence-corrected chi connectivity index (χ4v) is 3.71. The van der Waals surface area contributed by atoms with Gasteiger partial charge in [0.2, 0.25) is 5.91 Å². The van der Waals surface area contributed by atoms with Crippen molar-refractivity contribution in [2.75, 3.05) is 13.1 Å². The molecule has 0 unspecified atom stereocenters. The molecule has 1 aliphatic heterocycles. The summed E-state index contributed by atoms with van der Waals surface area (Å²) in [6.45, 7) is 0.630. The molecule has 1 saturated carbocycles. The molecule has 1 atom stereocenters. The number of halogens is 2. The first-order chi connectivity index (χ1) is 13.1. The lowest BCUT2D eigenvalue weighted by atomic mass is 9.93. The van der Waals surface area contributed by atoms with Gasteiger partial charge in [-0.3, -0.25) is 9.69 Å². The van der Waals surface area contributed by atoms with E-state index in [1.807, 2.05) is 41.3 Å². The molecule has 2 aliphatic rings. The predicted octanol–water partition coefficient (Wildman–Crippen LogP) is 4.07. The topological polar surface area (TPSA) is 32.3 Å². The molecule has 0 radical (unpaired) electrons. The van der Waals surface area contributed by atoms with E-state index in [2.05, 4.69) is 5.32 Å². The first kappa shape index (κ1) is 17.9. The molecule has 1 amide bonds. The van der Waals surface area contributed by atoms with Crippen LogP contribution in [0.5, 0.6) is 0 Å². The minimum atomic E-state index is -0.468. The molecule has 27 heavy (non-hydrogen) atoms. The van der Waals surface area contributed by atoms with Gasteiger partial charge in [-0.25, -0.2) is 8.78 Å². The number of benzene rings is 2. The van der Waals surface area contributed by atoms with Crippen molar-refractivity contribution in [1.82, 2.24) is 10.2 Å². The van der Waals surface area contributed by atoms with Crippen molar-refractivity contribution in [3.63, 3.8) is 0 Å². The van der Waals surface area contributed by atoms with Crippen LogP contribution in [0.15, 0.2) is 54.6 Å². The third-order valence-corrected chi connectivity index (χ3v) is 5.36. The van der Waals surface area contributed by atoms with Gasteiger partial charge in [0.25, 0.3) is 0 Å². The van der Waals surface area contributed by atoms with Gasteiger partial charge in [0.15, 0.2) is 0 Å². The van der Waals surface area contributed by atoms with Gasteiger partial charge < -0.3 is 5.32 Å². The number of carbonyl (C=O) groups is 1. The summed E-state index contributed by atoms with van der Waals surface area (Å²) in [5, 5.41) is 3.05. The van der Waals surface area contributed by atoms with Gasteiger partial charge >= 0.3 is 0 Å². The van der Waals surface area contributed by atoms with E-state index >= 15 is 0 Å². The van der Waals surface area contributed by atoms with Gasteiger partial charge in [-0.15, -0.1) is 0 Å². The fraction of sp³-hybridized carbons (Fsp3) is 0.318. The maximum absolute atomic E-state index is 14.3. The van der Waals surface area contributed by atoms with Gasteiger partial charge in [0.1, 0.15) is 11.6 Å². The van der Waals surface area contributed by atoms with Gasteiger partial charge in [-0.2, -0.15) is 0 Å². The average Bonchev–Trinajstić information content (AvgIpc) is 3.04. The summed E-state index contributed by atoms with van der Waals surface area (Å²) < 4.78 is 27.9. The Balaban J connectivity index is 1.58. The number of rotatable bonds is 5. The van der Waals surface area contributed by atoms with E-state index < -0.39 is 11.6 Å². The zero-order valence-electron chi connectivity index (χ0n) is 15.0. The molecule has 0 bridgehead atoms. The van der Waals surface area contributed by atoms with E-state index in [-0.39, 0.29) is 30.1 Å². The van der Waals surface area contributed by atoms with E-state index in [0.29, 0.717) is 12.1 Å². The lowest BCUT2D eigenvalue weighted by molar-refractivity contribution is -0.123. The van der Waals surface area contributed by atoms with Crippen LogP contribution in [0.2, 0.25) is 0 Å². The van der Waals surface area contributed by atoms with E-state index in [0.717, 1.165) is 37.0 Å². The molecule has 140 valence electrons. The molecule has 0 spiro atoms. The molecule has 1 fully saturated rings. The molecule has 0 aromatic heterocycles. The molecule has 5 heteroatoms. The molecule has 4 rings (SSSR count). The van der Waals surface area contributed by atoms with Crippen LogP contribution >= 0.6 is 0 Å². The minimum absolute atomic E-state index is 0.0185. The predicted molar refractivity (Wildman–Crippen MR) is 101 cm³/mol. The van der Waals surface area contributed by atoms with Crippen molar-refractivity contribution in [2.24, 2.45) is 0 Å². The Hall–Kier alpha value is -2.53. The van der Waals surface area contributed by atoms with Gasteiger partial charge in [0.05, 0.1) is 12.6 Å². The second kappa shape index (κ2) is 7.61. The molecule has 1 N–H and O–H groups in total. The molecular formula is C22H22F2N2O. The highest BCUT2D eigenvalue weighted by atomic mass is 19.1. The number of hydrogen-bond donors (Lipinski definition) is 1. The van der Waals surface area contributed by atoms with E-state index in [1.165, 1.54) is 6.07 Å². The van der Waals surface area contributed by atoms with Crippen LogP contribution in [0, 0.1) is 11.6 Å². The molecule has 1 heterocycles. The minimum Gasteiger partial charge on any atom is -0.352 e. The standard InChI is InChI=1S/C22H22F2N2O/c23-17-9-10-20(24)19(12-17)16-11-21(15-5-2-1-3-6-15)26(13-16)14-22(27)25-18-7-4-8-18/h1-3,5-6,9-12,18,21H,4,7-8,13-14H2,(H,25,27)/t21-/m0/s1. The van der Waals surface area contributed by atoms with Crippen molar-refractivity contribution in [3.8, 4) is 0 Å². The summed E-state index contributed by atoms with van der Waals surface area (Å²) >= 11 is 0. The Morgan fingerprint density at radius 1 is 1.11 bits per heavy atom. The van der Waals surface area contributed by atoms with Crippen molar-refractivity contribution in [3.05, 3.63) is 77.4 Å². The number of nitrogens with one attached hydrogen (secondary N) is 1. The Bertz CT molecular complexity index is 862. The highest BCUT2D eigenvalue weighted by Crippen LogP contribution is 2.35. The number of nitrogens with zero attached hydrogens (tertiary/aromatic N) is 1. The monoisotopic (exact) mass is 368 g/mol. The Labute approximate surface area is 157 Å². The largest absolute Gasteiger partial charge is 0.352 e. The average molecular weight is 368 g/mol. The van der Waals surface area contributed by atoms with Crippen LogP contribution < -0.4 is 5.32 Å². The second-order valence-corrected chi connectivity index (χ2v) is 7.27. The molecule has 1 aliphatic carbocycles. The van der Waals surface area contributed by atoms with Crippen molar-refractivity contribution in [2.45, 2.75) is 31.3 Å². The SMILES string of the molecule is O=C(CN1CC(c2cc(F)ccc2F)=C[C@H]1c1ccccc1)NC1CCC1. The van der Waals surface area contributed by atoms with Crippen LogP contribution in [-0.4, -0.2) is 29.9 Å². The third-order valence-electron chi connectivity index (χ3n) is 5.36. The maximum atomic E-state index is 14.3. The van der Waals surface area contributed by atoms with E-state index in [1.54, 1.807) is 0 Å². The third kappa shape index (κ3) is 3.93. The van der Waals surface area contributed by atoms with E-state index in [9.17, 15) is 13.6 Å². The van der Waals surface area contributed by atoms with Gasteiger partial charge in [-0.1, -0.05) is 36.4 Å².